The molecule has 2 atom stereocenters. The molecule has 0 spiro atoms. The van der Waals surface area contributed by atoms with Crippen LogP contribution in [0.5, 0.6) is 0 Å². The number of imidazole rings is 1. The van der Waals surface area contributed by atoms with Gasteiger partial charge in [-0.25, -0.2) is 9.13 Å². The van der Waals surface area contributed by atoms with Crippen molar-refractivity contribution in [1.82, 2.24) is 4.57 Å². The van der Waals surface area contributed by atoms with Crippen LogP contribution in [0.1, 0.15) is 24.6 Å². The summed E-state index contributed by atoms with van der Waals surface area (Å²) in [6.45, 7) is 2.97. The van der Waals surface area contributed by atoms with Crippen molar-refractivity contribution in [2.75, 3.05) is 6.61 Å². The zero-order chi connectivity index (χ0) is 21.8. The van der Waals surface area contributed by atoms with Crippen molar-refractivity contribution in [2.24, 2.45) is 24.0 Å². The molecule has 0 amide bonds. The zero-order valence-corrected chi connectivity index (χ0v) is 19.1. The Kier molecular flexibility index (Phi) is 7.70. The second-order valence-corrected chi connectivity index (χ2v) is 8.12. The Morgan fingerprint density at radius 1 is 1.16 bits per heavy atom. The van der Waals surface area contributed by atoms with E-state index in [4.69, 9.17) is 4.74 Å². The molecule has 7 heteroatoms. The normalized spacial score (nSPS) is 18.3. The number of carbonyl (C=O) groups is 1. The maximum absolute atomic E-state index is 11.9. The Bertz CT molecular complexity index is 1080. The van der Waals surface area contributed by atoms with E-state index in [0.29, 0.717) is 18.9 Å². The van der Waals surface area contributed by atoms with Crippen molar-refractivity contribution >= 4 is 11.7 Å². The predicted octanol–water partition coefficient (Wildman–Crippen LogP) is 0.604. The van der Waals surface area contributed by atoms with Crippen LogP contribution in [0.4, 0.5) is 0 Å². The van der Waals surface area contributed by atoms with Crippen LogP contribution >= 0.6 is 0 Å². The number of cyclic esters (lactones) is 1. The summed E-state index contributed by atoms with van der Waals surface area (Å²) in [5.74, 6) is 0.0975. The number of hydrogen-bond donors (Lipinski definition) is 1. The Hall–Kier alpha value is -3.12. The molecule has 168 valence electrons. The first-order valence-electron chi connectivity index (χ1n) is 10.7. The molecule has 32 heavy (non-hydrogen) atoms. The van der Waals surface area contributed by atoms with E-state index in [1.807, 2.05) is 67.3 Å². The summed E-state index contributed by atoms with van der Waals surface area (Å²) in [5.41, 5.74) is 4.86. The second kappa shape index (κ2) is 10.5. The molecule has 3 aromatic rings. The average Bonchev–Trinajstić information content (AvgIpc) is 3.34. The maximum Gasteiger partial charge on any atom is 0.309 e. The minimum Gasteiger partial charge on any atom is -1.00 e. The van der Waals surface area contributed by atoms with E-state index in [-0.39, 0.29) is 30.2 Å². The molecule has 1 aromatic heterocycles. The lowest BCUT2D eigenvalue weighted by Gasteiger charge is -2.10. The van der Waals surface area contributed by atoms with Crippen molar-refractivity contribution in [3.05, 3.63) is 78.4 Å². The van der Waals surface area contributed by atoms with Gasteiger partial charge in [0.05, 0.1) is 19.6 Å². The SMILES string of the molecule is CCC1C(=O)OCC1Cc1c[n+](C/C(=N\O)c2ccc(-c3ccccc3)cc2)cn1C.[Cl-]. The Labute approximate surface area is 194 Å². The van der Waals surface area contributed by atoms with Crippen LogP contribution < -0.4 is 17.0 Å². The topological polar surface area (TPSA) is 67.7 Å². The molecule has 0 aliphatic carbocycles. The number of oxime groups is 1. The Morgan fingerprint density at radius 2 is 1.84 bits per heavy atom. The quantitative estimate of drug-likeness (QED) is 0.187. The second-order valence-electron chi connectivity index (χ2n) is 8.12. The van der Waals surface area contributed by atoms with E-state index in [1.54, 1.807) is 0 Å². The Balaban J connectivity index is 0.00000289. The highest BCUT2D eigenvalue weighted by Gasteiger charge is 2.36. The lowest BCUT2D eigenvalue weighted by molar-refractivity contribution is -0.681. The van der Waals surface area contributed by atoms with Gasteiger partial charge in [-0.1, -0.05) is 66.7 Å². The van der Waals surface area contributed by atoms with Crippen LogP contribution in [0.15, 0.2) is 72.3 Å². The first-order chi connectivity index (χ1) is 15.1. The lowest BCUT2D eigenvalue weighted by atomic mass is 9.89. The van der Waals surface area contributed by atoms with Gasteiger partial charge in [0.2, 0.25) is 6.33 Å². The number of hydrogen-bond acceptors (Lipinski definition) is 4. The summed E-state index contributed by atoms with van der Waals surface area (Å²) in [7, 11) is 1.99. The third kappa shape index (κ3) is 5.02. The van der Waals surface area contributed by atoms with Gasteiger partial charge in [0.1, 0.15) is 24.1 Å². The summed E-state index contributed by atoms with van der Waals surface area (Å²) < 4.78 is 9.33. The minimum atomic E-state index is -0.0803. The first-order valence-corrected chi connectivity index (χ1v) is 10.7. The van der Waals surface area contributed by atoms with Crippen LogP contribution in [0.25, 0.3) is 11.1 Å². The largest absolute Gasteiger partial charge is 1.00 e. The van der Waals surface area contributed by atoms with Crippen molar-refractivity contribution in [3.8, 4) is 11.1 Å². The van der Waals surface area contributed by atoms with E-state index in [1.165, 1.54) is 0 Å². The number of aromatic nitrogens is 2. The fraction of sp³-hybridized carbons (Fsp3) is 0.320. The standard InChI is InChI=1S/C25H27N3O3.ClH/c1-3-23-21(16-31-25(23)29)13-22-14-28(17-27(22)2)15-24(26-30)20-11-9-19(10-12-20)18-7-5-4-6-8-18;/h4-12,14,17,21,23H,3,13,15-16H2,1-2H3;1H/b26-24+;. The van der Waals surface area contributed by atoms with Gasteiger partial charge in [-0.05, 0) is 17.5 Å². The van der Waals surface area contributed by atoms with Gasteiger partial charge in [-0.15, -0.1) is 0 Å². The van der Waals surface area contributed by atoms with Crippen LogP contribution in [-0.4, -0.2) is 28.1 Å². The summed E-state index contributed by atoms with van der Waals surface area (Å²) >= 11 is 0. The number of carbonyl (C=O) groups excluding carboxylic acids is 1. The number of nitrogens with zero attached hydrogens (tertiary/aromatic N) is 3. The third-order valence-corrected chi connectivity index (χ3v) is 6.09. The molecule has 0 radical (unpaired) electrons. The van der Waals surface area contributed by atoms with Crippen LogP contribution in [0.2, 0.25) is 0 Å². The van der Waals surface area contributed by atoms with E-state index in [2.05, 4.69) is 28.1 Å². The molecule has 2 unspecified atom stereocenters. The molecule has 1 aliphatic rings. The third-order valence-electron chi connectivity index (χ3n) is 6.09. The number of benzene rings is 2. The van der Waals surface area contributed by atoms with Crippen molar-refractivity contribution < 1.29 is 31.7 Å². The fourth-order valence-electron chi connectivity index (χ4n) is 4.31. The lowest BCUT2D eigenvalue weighted by Crippen LogP contribution is -3.00. The summed E-state index contributed by atoms with van der Waals surface area (Å²) in [5, 5.41) is 13.2. The van der Waals surface area contributed by atoms with Gasteiger partial charge >= 0.3 is 5.97 Å². The summed E-state index contributed by atoms with van der Waals surface area (Å²) in [4.78, 5) is 11.9. The van der Waals surface area contributed by atoms with Gasteiger partial charge in [0.25, 0.3) is 0 Å². The Morgan fingerprint density at radius 3 is 2.50 bits per heavy atom. The molecule has 1 saturated heterocycles. The number of esters is 1. The molecule has 1 fully saturated rings. The van der Waals surface area contributed by atoms with Gasteiger partial charge in [0, 0.05) is 17.9 Å². The summed E-state index contributed by atoms with van der Waals surface area (Å²) in [6, 6.07) is 18.2. The van der Waals surface area contributed by atoms with Crippen LogP contribution in [0, 0.1) is 11.8 Å². The highest BCUT2D eigenvalue weighted by atomic mass is 35.5. The van der Waals surface area contributed by atoms with Crippen molar-refractivity contribution in [2.45, 2.75) is 26.3 Å². The highest BCUT2D eigenvalue weighted by Crippen LogP contribution is 2.28. The molecular formula is C25H28ClN3O3. The minimum absolute atomic E-state index is 0. The summed E-state index contributed by atoms with van der Waals surface area (Å²) in [6.07, 6.45) is 5.62. The molecule has 6 nitrogen and oxygen atoms in total. The molecule has 0 bridgehead atoms. The van der Waals surface area contributed by atoms with Crippen molar-refractivity contribution in [3.63, 3.8) is 0 Å². The van der Waals surface area contributed by atoms with E-state index < -0.39 is 0 Å². The zero-order valence-electron chi connectivity index (χ0n) is 18.3. The van der Waals surface area contributed by atoms with E-state index in [0.717, 1.165) is 35.2 Å². The van der Waals surface area contributed by atoms with Crippen molar-refractivity contribution in [1.29, 1.82) is 0 Å². The number of aryl methyl sites for hydroxylation is 1. The number of halogens is 1. The van der Waals surface area contributed by atoms with Crippen LogP contribution in [-0.2, 0) is 29.5 Å². The maximum atomic E-state index is 11.9. The van der Waals surface area contributed by atoms with E-state index >= 15 is 0 Å². The van der Waals surface area contributed by atoms with Gasteiger partial charge in [0.15, 0.2) is 0 Å². The van der Waals surface area contributed by atoms with Gasteiger partial charge in [-0.3, -0.25) is 4.79 Å². The average molecular weight is 454 g/mol. The smallest absolute Gasteiger partial charge is 0.309 e. The molecule has 4 rings (SSSR count). The molecule has 2 aromatic carbocycles. The molecule has 1 N–H and O–H groups in total. The fourth-order valence-corrected chi connectivity index (χ4v) is 4.31. The van der Waals surface area contributed by atoms with E-state index in [9.17, 15) is 10.0 Å². The molecule has 1 aliphatic heterocycles. The van der Waals surface area contributed by atoms with Crippen LogP contribution in [0.3, 0.4) is 0 Å². The molecular weight excluding hydrogens is 426 g/mol. The highest BCUT2D eigenvalue weighted by molar-refractivity contribution is 5.99. The number of rotatable bonds is 7. The van der Waals surface area contributed by atoms with Gasteiger partial charge < -0.3 is 22.4 Å². The first kappa shape index (κ1) is 23.5. The molecule has 0 saturated carbocycles. The molecule has 2 heterocycles. The number of ether oxygens (including phenoxy) is 1. The monoisotopic (exact) mass is 453 g/mol. The van der Waals surface area contributed by atoms with Gasteiger partial charge in [-0.2, -0.15) is 0 Å². The predicted molar refractivity (Wildman–Crippen MR) is 118 cm³/mol.